The average Bonchev–Trinajstić information content (AvgIpc) is 2.25. The van der Waals surface area contributed by atoms with Crippen LogP contribution in [0.5, 0.6) is 0 Å². The van der Waals surface area contributed by atoms with Gasteiger partial charge in [-0.3, -0.25) is 4.79 Å². The van der Waals surface area contributed by atoms with Crippen LogP contribution in [0.1, 0.15) is 25.7 Å². The highest BCUT2D eigenvalue weighted by Gasteiger charge is 2.27. The Morgan fingerprint density at radius 3 is 2.93 bits per heavy atom. The highest BCUT2D eigenvalue weighted by atomic mass is 16.4. The van der Waals surface area contributed by atoms with Crippen LogP contribution in [0.25, 0.3) is 0 Å². The maximum atomic E-state index is 10.5. The Kier molecular flexibility index (Phi) is 3.92. The van der Waals surface area contributed by atoms with Crippen molar-refractivity contribution in [3.05, 3.63) is 12.2 Å². The van der Waals surface area contributed by atoms with Crippen LogP contribution in [-0.2, 0) is 4.79 Å². The number of hydrogen-bond acceptors (Lipinski definition) is 3. The van der Waals surface area contributed by atoms with E-state index in [1.54, 1.807) is 6.21 Å². The number of carbonyl (C=O) groups is 1. The second kappa shape index (κ2) is 5.20. The van der Waals surface area contributed by atoms with Gasteiger partial charge in [0.05, 0.1) is 5.54 Å². The molecule has 0 bridgehead atoms. The topological polar surface area (TPSA) is 61.7 Å². The van der Waals surface area contributed by atoms with E-state index >= 15 is 0 Å². The van der Waals surface area contributed by atoms with E-state index in [-0.39, 0.29) is 12.0 Å². The molecule has 1 aliphatic rings. The Morgan fingerprint density at radius 2 is 2.40 bits per heavy atom. The number of nitrogens with zero attached hydrogens (tertiary/aromatic N) is 1. The molecule has 1 aliphatic heterocycles. The van der Waals surface area contributed by atoms with Crippen molar-refractivity contribution in [2.45, 2.75) is 31.2 Å². The first kappa shape index (κ1) is 11.3. The predicted octanol–water partition coefficient (Wildman–Crippen LogP) is 1.15. The van der Waals surface area contributed by atoms with Gasteiger partial charge in [0.25, 0.3) is 0 Å². The third-order valence-corrected chi connectivity index (χ3v) is 2.36. The van der Waals surface area contributed by atoms with E-state index in [4.69, 9.17) is 11.5 Å². The van der Waals surface area contributed by atoms with E-state index in [2.05, 4.69) is 16.4 Å². The van der Waals surface area contributed by atoms with Crippen LogP contribution in [0.4, 0.5) is 0 Å². The molecule has 0 aliphatic carbocycles. The number of rotatable bonds is 5. The van der Waals surface area contributed by atoms with Gasteiger partial charge in [0.15, 0.2) is 0 Å². The van der Waals surface area contributed by atoms with Gasteiger partial charge < -0.3 is 10.5 Å². The maximum Gasteiger partial charge on any atom is 0.303 e. The molecule has 1 rings (SSSR count). The molecule has 0 radical (unpaired) electrons. The number of carboxylic acids is 1. The van der Waals surface area contributed by atoms with Crippen LogP contribution in [0, 0.1) is 12.3 Å². The van der Waals surface area contributed by atoms with E-state index in [0.29, 0.717) is 19.3 Å². The summed E-state index contributed by atoms with van der Waals surface area (Å²) in [5.41, 5.74) is 2.56. The van der Waals surface area contributed by atoms with Crippen molar-refractivity contribution in [2.75, 3.05) is 0 Å². The molecule has 0 amide bonds. The molecule has 0 spiro atoms. The van der Waals surface area contributed by atoms with Gasteiger partial charge in [-0.1, -0.05) is 6.08 Å². The first-order valence-corrected chi connectivity index (χ1v) is 4.82. The molecule has 2 N–H and O–H groups in total. The Labute approximate surface area is 89.1 Å². The van der Waals surface area contributed by atoms with Crippen molar-refractivity contribution in [2.24, 2.45) is 5.10 Å². The van der Waals surface area contributed by atoms with Gasteiger partial charge in [-0.15, -0.1) is 12.3 Å². The molecule has 0 fully saturated rings. The van der Waals surface area contributed by atoms with E-state index < -0.39 is 5.97 Å². The molecule has 1 unspecified atom stereocenters. The van der Waals surface area contributed by atoms with E-state index in [1.165, 1.54) is 0 Å². The van der Waals surface area contributed by atoms with Crippen LogP contribution in [-0.4, -0.2) is 22.8 Å². The molecular weight excluding hydrogens is 192 g/mol. The van der Waals surface area contributed by atoms with Crippen molar-refractivity contribution in [1.82, 2.24) is 5.43 Å². The van der Waals surface area contributed by atoms with Crippen molar-refractivity contribution in [3.63, 3.8) is 0 Å². The molecule has 1 atom stereocenters. The maximum absolute atomic E-state index is 10.5. The van der Waals surface area contributed by atoms with Gasteiger partial charge in [0.2, 0.25) is 0 Å². The summed E-state index contributed by atoms with van der Waals surface area (Å²) in [7, 11) is 0. The Balaban J connectivity index is 2.60. The standard InChI is InChI=1S/C11H14N2O2/c1-2-3-6-11(8-5-10(14)15)7-4-9-12-13-11/h1,4,7,9,13H,3,5-6,8H2,(H,14,15). The van der Waals surface area contributed by atoms with Gasteiger partial charge in [-0.05, 0) is 18.9 Å². The molecule has 0 aromatic heterocycles. The smallest absolute Gasteiger partial charge is 0.303 e. The van der Waals surface area contributed by atoms with Gasteiger partial charge in [-0.25, -0.2) is 0 Å². The number of allylic oxidation sites excluding steroid dienone is 1. The number of aliphatic carboxylic acids is 1. The van der Waals surface area contributed by atoms with Crippen LogP contribution < -0.4 is 5.43 Å². The zero-order valence-electron chi connectivity index (χ0n) is 8.44. The van der Waals surface area contributed by atoms with Crippen molar-refractivity contribution >= 4 is 12.2 Å². The number of hydrogen-bond donors (Lipinski definition) is 2. The summed E-state index contributed by atoms with van der Waals surface area (Å²) in [5, 5.41) is 12.6. The van der Waals surface area contributed by atoms with Crippen molar-refractivity contribution < 1.29 is 9.90 Å². The summed E-state index contributed by atoms with van der Waals surface area (Å²) < 4.78 is 0. The SMILES string of the molecule is C#CCCC1(CCC(=O)O)C=CC=NN1. The average molecular weight is 206 g/mol. The van der Waals surface area contributed by atoms with Crippen molar-refractivity contribution in [3.8, 4) is 12.3 Å². The number of terminal acetylenes is 1. The lowest BCUT2D eigenvalue weighted by molar-refractivity contribution is -0.137. The van der Waals surface area contributed by atoms with Gasteiger partial charge >= 0.3 is 5.97 Å². The predicted molar refractivity (Wildman–Crippen MR) is 58.4 cm³/mol. The molecule has 0 aromatic carbocycles. The molecule has 4 nitrogen and oxygen atoms in total. The third-order valence-electron chi connectivity index (χ3n) is 2.36. The fourth-order valence-electron chi connectivity index (χ4n) is 1.50. The van der Waals surface area contributed by atoms with Crippen LogP contribution in [0.3, 0.4) is 0 Å². The fraction of sp³-hybridized carbons (Fsp3) is 0.455. The molecule has 1 heterocycles. The minimum Gasteiger partial charge on any atom is -0.481 e. The van der Waals surface area contributed by atoms with Gasteiger partial charge in [-0.2, -0.15) is 5.10 Å². The van der Waals surface area contributed by atoms with Crippen LogP contribution in [0.2, 0.25) is 0 Å². The largest absolute Gasteiger partial charge is 0.481 e. The zero-order valence-corrected chi connectivity index (χ0v) is 8.44. The first-order valence-electron chi connectivity index (χ1n) is 4.82. The summed E-state index contributed by atoms with van der Waals surface area (Å²) in [6.45, 7) is 0. The first-order chi connectivity index (χ1) is 7.18. The Bertz CT molecular complexity index is 328. The van der Waals surface area contributed by atoms with Gasteiger partial charge in [0, 0.05) is 19.1 Å². The number of hydrazone groups is 1. The second-order valence-electron chi connectivity index (χ2n) is 3.50. The molecule has 0 aromatic rings. The van der Waals surface area contributed by atoms with E-state index in [9.17, 15) is 4.79 Å². The van der Waals surface area contributed by atoms with E-state index in [0.717, 1.165) is 0 Å². The van der Waals surface area contributed by atoms with Gasteiger partial charge in [0.1, 0.15) is 0 Å². The summed E-state index contributed by atoms with van der Waals surface area (Å²) in [6, 6.07) is 0. The molecular formula is C11H14N2O2. The molecule has 0 saturated heterocycles. The molecule has 15 heavy (non-hydrogen) atoms. The third kappa shape index (κ3) is 3.47. The molecule has 80 valence electrons. The number of carboxylic acid groups (broad SMARTS) is 1. The summed E-state index contributed by atoms with van der Waals surface area (Å²) in [5.74, 6) is 1.75. The van der Waals surface area contributed by atoms with E-state index in [1.807, 2.05) is 12.2 Å². The number of nitrogens with one attached hydrogen (secondary N) is 1. The van der Waals surface area contributed by atoms with Crippen LogP contribution in [0.15, 0.2) is 17.3 Å². The van der Waals surface area contributed by atoms with Crippen molar-refractivity contribution in [1.29, 1.82) is 0 Å². The van der Waals surface area contributed by atoms with Crippen LogP contribution >= 0.6 is 0 Å². The highest BCUT2D eigenvalue weighted by Crippen LogP contribution is 2.22. The monoisotopic (exact) mass is 206 g/mol. The summed E-state index contributed by atoms with van der Waals surface area (Å²) in [4.78, 5) is 10.5. The highest BCUT2D eigenvalue weighted by molar-refractivity contribution is 5.72. The minimum absolute atomic E-state index is 0.109. The Morgan fingerprint density at radius 1 is 1.60 bits per heavy atom. The molecule has 4 heteroatoms. The zero-order chi connectivity index (χ0) is 11.1. The normalized spacial score (nSPS) is 23.1. The lowest BCUT2D eigenvalue weighted by Gasteiger charge is -2.31. The quantitative estimate of drug-likeness (QED) is 0.663. The minimum atomic E-state index is -0.806. The lowest BCUT2D eigenvalue weighted by Crippen LogP contribution is -2.42. The lowest BCUT2D eigenvalue weighted by atomic mass is 9.88. The summed E-state index contributed by atoms with van der Waals surface area (Å²) >= 11 is 0. The second-order valence-corrected chi connectivity index (χ2v) is 3.50. The Hall–Kier alpha value is -1.76. The summed E-state index contributed by atoms with van der Waals surface area (Å²) in [6.07, 6.45) is 12.5. The molecule has 0 saturated carbocycles. The fourth-order valence-corrected chi connectivity index (χ4v) is 1.50.